The minimum absolute atomic E-state index is 0.146. The second kappa shape index (κ2) is 6.07. The van der Waals surface area contributed by atoms with Crippen LogP contribution in [0.2, 0.25) is 0 Å². The van der Waals surface area contributed by atoms with E-state index in [9.17, 15) is 14.7 Å². The molecule has 0 aliphatic carbocycles. The average Bonchev–Trinajstić information content (AvgIpc) is 2.28. The van der Waals surface area contributed by atoms with Crippen molar-refractivity contribution >= 4 is 11.9 Å². The SMILES string of the molecule is CC(=O)OC(=O)CCc1cc(C)c(O)c(C(C)(C)C)c1. The molecule has 0 amide bonds. The molecule has 20 heavy (non-hydrogen) atoms. The van der Waals surface area contributed by atoms with Gasteiger partial charge in [-0.25, -0.2) is 0 Å². The highest BCUT2D eigenvalue weighted by Crippen LogP contribution is 2.34. The number of ether oxygens (including phenoxy) is 1. The number of hydrogen-bond acceptors (Lipinski definition) is 4. The van der Waals surface area contributed by atoms with Crippen LogP contribution in [0.4, 0.5) is 0 Å². The van der Waals surface area contributed by atoms with Crippen molar-refractivity contribution in [3.05, 3.63) is 28.8 Å². The van der Waals surface area contributed by atoms with Gasteiger partial charge in [0.15, 0.2) is 0 Å². The molecule has 1 N–H and O–H groups in total. The smallest absolute Gasteiger partial charge is 0.313 e. The quantitative estimate of drug-likeness (QED) is 0.682. The van der Waals surface area contributed by atoms with Crippen molar-refractivity contribution in [2.45, 2.75) is 52.9 Å². The maximum atomic E-state index is 11.4. The van der Waals surface area contributed by atoms with Crippen LogP contribution >= 0.6 is 0 Å². The van der Waals surface area contributed by atoms with E-state index in [4.69, 9.17) is 0 Å². The molecule has 0 aromatic heterocycles. The van der Waals surface area contributed by atoms with Crippen LogP contribution in [0.1, 0.15) is 50.8 Å². The molecule has 0 atom stereocenters. The summed E-state index contributed by atoms with van der Waals surface area (Å²) in [4.78, 5) is 22.0. The molecule has 1 rings (SSSR count). The lowest BCUT2D eigenvalue weighted by atomic mass is 9.83. The lowest BCUT2D eigenvalue weighted by Gasteiger charge is -2.22. The zero-order valence-electron chi connectivity index (χ0n) is 12.7. The first-order chi connectivity index (χ1) is 9.11. The highest BCUT2D eigenvalue weighted by Gasteiger charge is 2.20. The Kier molecular flexibility index (Phi) is 4.93. The molecule has 1 aromatic rings. The fourth-order valence-electron chi connectivity index (χ4n) is 2.03. The van der Waals surface area contributed by atoms with Crippen LogP contribution in [0.25, 0.3) is 0 Å². The van der Waals surface area contributed by atoms with E-state index in [-0.39, 0.29) is 11.8 Å². The molecule has 1 aromatic carbocycles. The summed E-state index contributed by atoms with van der Waals surface area (Å²) in [6.07, 6.45) is 0.629. The average molecular weight is 278 g/mol. The number of aryl methyl sites for hydroxylation is 2. The number of phenolic OH excluding ortho intramolecular Hbond substituents is 1. The molecular formula is C16H22O4. The van der Waals surface area contributed by atoms with Crippen molar-refractivity contribution in [3.63, 3.8) is 0 Å². The van der Waals surface area contributed by atoms with Crippen LogP contribution in [-0.4, -0.2) is 17.0 Å². The van der Waals surface area contributed by atoms with Gasteiger partial charge in [-0.05, 0) is 35.4 Å². The highest BCUT2D eigenvalue weighted by molar-refractivity contribution is 5.84. The van der Waals surface area contributed by atoms with E-state index in [1.807, 2.05) is 39.8 Å². The van der Waals surface area contributed by atoms with Crippen LogP contribution in [0.3, 0.4) is 0 Å². The third-order valence-corrected chi connectivity index (χ3v) is 3.04. The zero-order valence-corrected chi connectivity index (χ0v) is 12.7. The topological polar surface area (TPSA) is 63.6 Å². The number of benzene rings is 1. The minimum Gasteiger partial charge on any atom is -0.507 e. The predicted octanol–water partition coefficient (Wildman–Crippen LogP) is 3.02. The summed E-state index contributed by atoms with van der Waals surface area (Å²) in [5.74, 6) is -0.819. The Morgan fingerprint density at radius 2 is 1.85 bits per heavy atom. The number of carbonyl (C=O) groups excluding carboxylic acids is 2. The van der Waals surface area contributed by atoms with Crippen molar-refractivity contribution in [1.82, 2.24) is 0 Å². The Morgan fingerprint density at radius 3 is 2.35 bits per heavy atom. The fourth-order valence-corrected chi connectivity index (χ4v) is 2.03. The molecule has 0 aliphatic rings. The fraction of sp³-hybridized carbons (Fsp3) is 0.500. The van der Waals surface area contributed by atoms with E-state index >= 15 is 0 Å². The van der Waals surface area contributed by atoms with Gasteiger partial charge in [0.1, 0.15) is 5.75 Å². The minimum atomic E-state index is -0.590. The summed E-state index contributed by atoms with van der Waals surface area (Å²) in [5, 5.41) is 10.1. The normalized spacial score (nSPS) is 11.2. The van der Waals surface area contributed by atoms with Crippen LogP contribution in [-0.2, 0) is 26.2 Å². The molecular weight excluding hydrogens is 256 g/mol. The van der Waals surface area contributed by atoms with Gasteiger partial charge in [-0.2, -0.15) is 0 Å². The van der Waals surface area contributed by atoms with Crippen molar-refractivity contribution in [1.29, 1.82) is 0 Å². The van der Waals surface area contributed by atoms with Gasteiger partial charge in [-0.15, -0.1) is 0 Å². The van der Waals surface area contributed by atoms with Crippen molar-refractivity contribution in [3.8, 4) is 5.75 Å². The van der Waals surface area contributed by atoms with Crippen LogP contribution < -0.4 is 0 Å². The summed E-state index contributed by atoms with van der Waals surface area (Å²) in [6, 6.07) is 3.76. The standard InChI is InChI=1S/C16H22O4/c1-10-8-12(6-7-14(18)20-11(2)17)9-13(15(10)19)16(3,4)5/h8-9,19H,6-7H2,1-5H3. The summed E-state index contributed by atoms with van der Waals surface area (Å²) in [5.41, 5.74) is 2.41. The van der Waals surface area contributed by atoms with Crippen molar-refractivity contribution in [2.24, 2.45) is 0 Å². The second-order valence-electron chi connectivity index (χ2n) is 6.02. The third kappa shape index (κ3) is 4.37. The molecule has 0 aliphatic heterocycles. The van der Waals surface area contributed by atoms with Gasteiger partial charge >= 0.3 is 11.9 Å². The first kappa shape index (κ1) is 16.2. The summed E-state index contributed by atoms with van der Waals surface area (Å²) in [6.45, 7) is 9.11. The van der Waals surface area contributed by atoms with Crippen LogP contribution in [0.15, 0.2) is 12.1 Å². The van der Waals surface area contributed by atoms with Gasteiger partial charge in [0.05, 0.1) is 6.42 Å². The van der Waals surface area contributed by atoms with Gasteiger partial charge in [0.25, 0.3) is 0 Å². The molecule has 4 heteroatoms. The number of aromatic hydroxyl groups is 1. The molecule has 0 saturated heterocycles. The number of phenols is 1. The Hall–Kier alpha value is -1.84. The van der Waals surface area contributed by atoms with Crippen molar-refractivity contribution < 1.29 is 19.4 Å². The molecule has 0 bridgehead atoms. The molecule has 0 spiro atoms. The number of carbonyl (C=O) groups is 2. The van der Waals surface area contributed by atoms with E-state index in [0.29, 0.717) is 12.2 Å². The van der Waals surface area contributed by atoms with Crippen LogP contribution in [0, 0.1) is 6.92 Å². The molecule has 0 saturated carbocycles. The number of rotatable bonds is 3. The zero-order chi connectivity index (χ0) is 15.5. The van der Waals surface area contributed by atoms with Crippen LogP contribution in [0.5, 0.6) is 5.75 Å². The molecule has 4 nitrogen and oxygen atoms in total. The lowest BCUT2D eigenvalue weighted by molar-refractivity contribution is -0.157. The Labute approximate surface area is 119 Å². The van der Waals surface area contributed by atoms with Crippen molar-refractivity contribution in [2.75, 3.05) is 0 Å². The van der Waals surface area contributed by atoms with E-state index in [0.717, 1.165) is 16.7 Å². The van der Waals surface area contributed by atoms with Gasteiger partial charge < -0.3 is 9.84 Å². The van der Waals surface area contributed by atoms with E-state index in [1.54, 1.807) is 0 Å². The predicted molar refractivity (Wildman–Crippen MR) is 76.6 cm³/mol. The second-order valence-corrected chi connectivity index (χ2v) is 6.02. The Balaban J connectivity index is 2.90. The lowest BCUT2D eigenvalue weighted by Crippen LogP contribution is -2.13. The Bertz CT molecular complexity index is 524. The third-order valence-electron chi connectivity index (χ3n) is 3.04. The monoisotopic (exact) mass is 278 g/mol. The summed E-state index contributed by atoms with van der Waals surface area (Å²) >= 11 is 0. The van der Waals surface area contributed by atoms with Gasteiger partial charge in [-0.3, -0.25) is 9.59 Å². The maximum absolute atomic E-state index is 11.4. The van der Waals surface area contributed by atoms with Gasteiger partial charge in [0, 0.05) is 6.92 Å². The number of hydrogen-bond donors (Lipinski definition) is 1. The number of esters is 2. The van der Waals surface area contributed by atoms with E-state index < -0.39 is 11.9 Å². The molecule has 0 fully saturated rings. The first-order valence-corrected chi connectivity index (χ1v) is 6.65. The van der Waals surface area contributed by atoms with E-state index in [1.165, 1.54) is 6.92 Å². The largest absolute Gasteiger partial charge is 0.507 e. The highest BCUT2D eigenvalue weighted by atomic mass is 16.6. The molecule has 0 radical (unpaired) electrons. The van der Waals surface area contributed by atoms with Gasteiger partial charge in [-0.1, -0.05) is 32.9 Å². The molecule has 0 heterocycles. The maximum Gasteiger partial charge on any atom is 0.313 e. The van der Waals surface area contributed by atoms with E-state index in [2.05, 4.69) is 4.74 Å². The first-order valence-electron chi connectivity index (χ1n) is 6.65. The summed E-state index contributed by atoms with van der Waals surface area (Å²) < 4.78 is 4.50. The summed E-state index contributed by atoms with van der Waals surface area (Å²) in [7, 11) is 0. The Morgan fingerprint density at radius 1 is 1.25 bits per heavy atom. The van der Waals surface area contributed by atoms with Gasteiger partial charge in [0.2, 0.25) is 0 Å². The molecule has 110 valence electrons. The molecule has 0 unspecified atom stereocenters.